The lowest BCUT2D eigenvalue weighted by Gasteiger charge is -2.05. The number of rotatable bonds is 3. The van der Waals surface area contributed by atoms with Gasteiger partial charge in [0, 0.05) is 10.9 Å². The van der Waals surface area contributed by atoms with E-state index in [4.69, 9.17) is 4.42 Å². The maximum atomic E-state index is 12.9. The molecule has 0 fully saturated rings. The van der Waals surface area contributed by atoms with Gasteiger partial charge in [0.2, 0.25) is 0 Å². The van der Waals surface area contributed by atoms with E-state index in [0.29, 0.717) is 17.7 Å². The molecule has 0 radical (unpaired) electrons. The van der Waals surface area contributed by atoms with Gasteiger partial charge in [-0.1, -0.05) is 30.3 Å². The topological polar surface area (TPSA) is 48.0 Å². The molecule has 0 spiro atoms. The third-order valence-electron chi connectivity index (χ3n) is 3.76. The first kappa shape index (κ1) is 14.0. The molecule has 114 valence electrons. The van der Waals surface area contributed by atoms with Crippen LogP contribution in [0.15, 0.2) is 63.4 Å². The summed E-state index contributed by atoms with van der Waals surface area (Å²) in [5, 5.41) is 2.56. The zero-order valence-corrected chi connectivity index (χ0v) is 13.3. The van der Waals surface area contributed by atoms with E-state index in [0.717, 1.165) is 21.7 Å². The normalized spacial score (nSPS) is 11.2. The van der Waals surface area contributed by atoms with E-state index in [-0.39, 0.29) is 5.56 Å². The Morgan fingerprint density at radius 2 is 2.00 bits per heavy atom. The van der Waals surface area contributed by atoms with Crippen LogP contribution in [0.2, 0.25) is 0 Å². The summed E-state index contributed by atoms with van der Waals surface area (Å²) in [6.45, 7) is 2.40. The van der Waals surface area contributed by atoms with Crippen LogP contribution in [0.5, 0.6) is 0 Å². The molecule has 0 saturated heterocycles. The summed E-state index contributed by atoms with van der Waals surface area (Å²) in [6, 6.07) is 13.7. The van der Waals surface area contributed by atoms with Gasteiger partial charge in [-0.15, -0.1) is 11.3 Å². The van der Waals surface area contributed by atoms with Gasteiger partial charge in [0.25, 0.3) is 5.56 Å². The molecule has 1 aromatic carbocycles. The average Bonchev–Trinajstić information content (AvgIpc) is 3.17. The van der Waals surface area contributed by atoms with Gasteiger partial charge in [-0.3, -0.25) is 9.36 Å². The Balaban J connectivity index is 1.85. The Hall–Kier alpha value is -2.66. The van der Waals surface area contributed by atoms with E-state index in [1.165, 1.54) is 11.3 Å². The van der Waals surface area contributed by atoms with Crippen LogP contribution in [0, 0.1) is 6.92 Å². The third-order valence-corrected chi connectivity index (χ3v) is 4.65. The molecule has 0 aliphatic rings. The second-order valence-electron chi connectivity index (χ2n) is 5.40. The molecule has 3 aromatic heterocycles. The minimum atomic E-state index is -0.0378. The SMILES string of the molecule is Cc1ccc(-c2csc3ncn(Cc4ccccc4)c(=O)c23)o1. The zero-order chi connectivity index (χ0) is 15.8. The van der Waals surface area contributed by atoms with Crippen molar-refractivity contribution in [2.75, 3.05) is 0 Å². The zero-order valence-electron chi connectivity index (χ0n) is 12.5. The molecular weight excluding hydrogens is 308 g/mol. The van der Waals surface area contributed by atoms with Crippen molar-refractivity contribution in [1.29, 1.82) is 0 Å². The molecular formula is C18H14N2O2S. The highest BCUT2D eigenvalue weighted by Gasteiger charge is 2.15. The monoisotopic (exact) mass is 322 g/mol. The Morgan fingerprint density at radius 1 is 1.17 bits per heavy atom. The predicted octanol–water partition coefficient (Wildman–Crippen LogP) is 4.07. The molecule has 5 heteroatoms. The third kappa shape index (κ3) is 2.49. The van der Waals surface area contributed by atoms with E-state index in [1.807, 2.05) is 54.8 Å². The van der Waals surface area contributed by atoms with Crippen molar-refractivity contribution in [3.8, 4) is 11.3 Å². The van der Waals surface area contributed by atoms with Crippen molar-refractivity contribution in [2.24, 2.45) is 0 Å². The van der Waals surface area contributed by atoms with Crippen LogP contribution in [0.1, 0.15) is 11.3 Å². The lowest BCUT2D eigenvalue weighted by molar-refractivity contribution is 0.549. The van der Waals surface area contributed by atoms with Crippen molar-refractivity contribution < 1.29 is 4.42 Å². The lowest BCUT2D eigenvalue weighted by atomic mass is 10.2. The van der Waals surface area contributed by atoms with E-state index in [9.17, 15) is 4.79 Å². The number of nitrogens with zero attached hydrogens (tertiary/aromatic N) is 2. The fourth-order valence-electron chi connectivity index (χ4n) is 2.62. The maximum Gasteiger partial charge on any atom is 0.263 e. The molecule has 0 unspecified atom stereocenters. The minimum Gasteiger partial charge on any atom is -0.461 e. The smallest absolute Gasteiger partial charge is 0.263 e. The number of aromatic nitrogens is 2. The van der Waals surface area contributed by atoms with Gasteiger partial charge in [-0.05, 0) is 24.6 Å². The number of aryl methyl sites for hydroxylation is 1. The van der Waals surface area contributed by atoms with Crippen molar-refractivity contribution in [3.05, 3.63) is 75.8 Å². The number of hydrogen-bond donors (Lipinski definition) is 0. The summed E-state index contributed by atoms with van der Waals surface area (Å²) < 4.78 is 7.32. The number of benzene rings is 1. The van der Waals surface area contributed by atoms with E-state index in [1.54, 1.807) is 10.9 Å². The standard InChI is InChI=1S/C18H14N2O2S/c1-12-7-8-15(22-12)14-10-23-17-16(14)18(21)20(11-19-17)9-13-5-3-2-4-6-13/h2-8,10-11H,9H2,1H3. The van der Waals surface area contributed by atoms with E-state index < -0.39 is 0 Å². The summed E-state index contributed by atoms with van der Waals surface area (Å²) >= 11 is 1.46. The van der Waals surface area contributed by atoms with Crippen LogP contribution >= 0.6 is 11.3 Å². The summed E-state index contributed by atoms with van der Waals surface area (Å²) in [5.74, 6) is 1.54. The number of hydrogen-bond acceptors (Lipinski definition) is 4. The molecule has 4 rings (SSSR count). The summed E-state index contributed by atoms with van der Waals surface area (Å²) in [4.78, 5) is 18.1. The predicted molar refractivity (Wildman–Crippen MR) is 91.9 cm³/mol. The number of furan rings is 1. The fourth-order valence-corrected chi connectivity index (χ4v) is 3.51. The minimum absolute atomic E-state index is 0.0378. The Labute approximate surface area is 136 Å². The number of thiophene rings is 1. The summed E-state index contributed by atoms with van der Waals surface area (Å²) in [5.41, 5.74) is 1.85. The van der Waals surface area contributed by atoms with Crippen molar-refractivity contribution in [1.82, 2.24) is 9.55 Å². The molecule has 23 heavy (non-hydrogen) atoms. The fraction of sp³-hybridized carbons (Fsp3) is 0.111. The molecule has 3 heterocycles. The molecule has 0 aliphatic carbocycles. The Morgan fingerprint density at radius 3 is 2.74 bits per heavy atom. The van der Waals surface area contributed by atoms with Crippen LogP contribution < -0.4 is 5.56 Å². The second-order valence-corrected chi connectivity index (χ2v) is 6.26. The van der Waals surface area contributed by atoms with Crippen LogP contribution in [-0.4, -0.2) is 9.55 Å². The highest BCUT2D eigenvalue weighted by molar-refractivity contribution is 7.17. The highest BCUT2D eigenvalue weighted by atomic mass is 32.1. The molecule has 4 nitrogen and oxygen atoms in total. The molecule has 0 saturated carbocycles. The van der Waals surface area contributed by atoms with Gasteiger partial charge >= 0.3 is 0 Å². The van der Waals surface area contributed by atoms with Crippen molar-refractivity contribution in [2.45, 2.75) is 13.5 Å². The van der Waals surface area contributed by atoms with Gasteiger partial charge in [-0.25, -0.2) is 4.98 Å². The van der Waals surface area contributed by atoms with Crippen LogP contribution in [-0.2, 0) is 6.54 Å². The van der Waals surface area contributed by atoms with Crippen LogP contribution in [0.3, 0.4) is 0 Å². The first-order valence-corrected chi connectivity index (χ1v) is 8.18. The maximum absolute atomic E-state index is 12.9. The largest absolute Gasteiger partial charge is 0.461 e. The molecule has 4 aromatic rings. The quantitative estimate of drug-likeness (QED) is 0.571. The molecule has 0 atom stereocenters. The summed E-state index contributed by atoms with van der Waals surface area (Å²) in [6.07, 6.45) is 1.62. The van der Waals surface area contributed by atoms with Gasteiger partial charge in [0.1, 0.15) is 16.4 Å². The van der Waals surface area contributed by atoms with Crippen LogP contribution in [0.25, 0.3) is 21.5 Å². The average molecular weight is 322 g/mol. The van der Waals surface area contributed by atoms with Gasteiger partial charge in [0.05, 0.1) is 18.3 Å². The highest BCUT2D eigenvalue weighted by Crippen LogP contribution is 2.31. The lowest BCUT2D eigenvalue weighted by Crippen LogP contribution is -2.20. The van der Waals surface area contributed by atoms with Gasteiger partial charge < -0.3 is 4.42 Å². The molecule has 0 N–H and O–H groups in total. The molecule has 0 aliphatic heterocycles. The molecule has 0 bridgehead atoms. The second kappa shape index (κ2) is 5.52. The Kier molecular flexibility index (Phi) is 3.35. The van der Waals surface area contributed by atoms with Gasteiger partial charge in [0.15, 0.2) is 0 Å². The van der Waals surface area contributed by atoms with E-state index >= 15 is 0 Å². The van der Waals surface area contributed by atoms with Crippen molar-refractivity contribution in [3.63, 3.8) is 0 Å². The first-order chi connectivity index (χ1) is 11.2. The van der Waals surface area contributed by atoms with Gasteiger partial charge in [-0.2, -0.15) is 0 Å². The Bertz CT molecular complexity index is 1030. The first-order valence-electron chi connectivity index (χ1n) is 7.30. The summed E-state index contributed by atoms with van der Waals surface area (Å²) in [7, 11) is 0. The molecule has 0 amide bonds. The van der Waals surface area contributed by atoms with Crippen molar-refractivity contribution >= 4 is 21.6 Å². The van der Waals surface area contributed by atoms with E-state index in [2.05, 4.69) is 4.98 Å². The van der Waals surface area contributed by atoms with Crippen LogP contribution in [0.4, 0.5) is 0 Å². The number of fused-ring (bicyclic) bond motifs is 1.